The largest absolute Gasteiger partial charge is 0.385 e. The highest BCUT2D eigenvalue weighted by Gasteiger charge is 2.10. The van der Waals surface area contributed by atoms with Gasteiger partial charge in [0.2, 0.25) is 0 Å². The maximum absolute atomic E-state index is 13.5. The molecule has 0 aliphatic carbocycles. The Morgan fingerprint density at radius 3 is 2.52 bits per heavy atom. The van der Waals surface area contributed by atoms with Crippen molar-refractivity contribution in [3.05, 3.63) is 56.8 Å². The van der Waals surface area contributed by atoms with E-state index in [4.69, 9.17) is 0 Å². The molecule has 0 aliphatic rings. The smallest absolute Gasteiger partial charge is 0.273 e. The zero-order valence-electron chi connectivity index (χ0n) is 11.2. The fourth-order valence-electron chi connectivity index (χ4n) is 1.84. The number of nitrogens with zero attached hydrogens (tertiary/aromatic N) is 1. The van der Waals surface area contributed by atoms with Crippen molar-refractivity contribution in [2.24, 2.45) is 0 Å². The Morgan fingerprint density at radius 2 is 1.90 bits per heavy atom. The van der Waals surface area contributed by atoms with Crippen LogP contribution in [0.2, 0.25) is 0 Å². The lowest BCUT2D eigenvalue weighted by Crippen LogP contribution is -2.00. The van der Waals surface area contributed by atoms with Crippen molar-refractivity contribution in [2.75, 3.05) is 17.2 Å². The summed E-state index contributed by atoms with van der Waals surface area (Å²) in [6.07, 6.45) is 0. The summed E-state index contributed by atoms with van der Waals surface area (Å²) in [4.78, 5) is 10.5. The second kappa shape index (κ2) is 6.53. The van der Waals surface area contributed by atoms with Crippen LogP contribution in [0, 0.1) is 15.9 Å². The van der Waals surface area contributed by atoms with E-state index in [1.54, 1.807) is 18.2 Å². The first-order valence-corrected chi connectivity index (χ1v) is 7.04. The monoisotopic (exact) mass is 353 g/mol. The summed E-state index contributed by atoms with van der Waals surface area (Å²) in [6.45, 7) is 2.55. The number of nitrogens with one attached hydrogen (secondary N) is 2. The molecule has 5 nitrogen and oxygen atoms in total. The van der Waals surface area contributed by atoms with Crippen LogP contribution in [0.15, 0.2) is 40.9 Å². The van der Waals surface area contributed by atoms with E-state index in [2.05, 4.69) is 26.6 Å². The number of hydrogen-bond acceptors (Lipinski definition) is 4. The van der Waals surface area contributed by atoms with E-state index >= 15 is 0 Å². The predicted octanol–water partition coefficient (Wildman–Crippen LogP) is 4.67. The highest BCUT2D eigenvalue weighted by molar-refractivity contribution is 9.10. The van der Waals surface area contributed by atoms with Gasteiger partial charge in [-0.25, -0.2) is 4.39 Å². The molecule has 0 radical (unpaired) electrons. The standard InChI is InChI=1S/C14H13BrFN3O2/c1-2-17-10-5-11(7-12(6-10)19(20)21)18-9-3-4-13(15)14(16)8-9/h3-8,17-18H,2H2,1H3. The van der Waals surface area contributed by atoms with Crippen LogP contribution in [0.5, 0.6) is 0 Å². The molecule has 0 saturated heterocycles. The zero-order valence-corrected chi connectivity index (χ0v) is 12.8. The molecule has 110 valence electrons. The van der Waals surface area contributed by atoms with Gasteiger partial charge in [-0.05, 0) is 47.1 Å². The third-order valence-electron chi connectivity index (χ3n) is 2.72. The second-order valence-corrected chi connectivity index (χ2v) is 5.16. The number of benzene rings is 2. The molecule has 0 bridgehead atoms. The van der Waals surface area contributed by atoms with Gasteiger partial charge >= 0.3 is 0 Å². The molecule has 2 rings (SSSR count). The fraction of sp³-hybridized carbons (Fsp3) is 0.143. The van der Waals surface area contributed by atoms with Gasteiger partial charge in [-0.2, -0.15) is 0 Å². The van der Waals surface area contributed by atoms with Gasteiger partial charge in [-0.1, -0.05) is 0 Å². The second-order valence-electron chi connectivity index (χ2n) is 4.31. The molecule has 2 aromatic carbocycles. The molecule has 0 spiro atoms. The molecular weight excluding hydrogens is 341 g/mol. The van der Waals surface area contributed by atoms with Crippen LogP contribution < -0.4 is 10.6 Å². The fourth-order valence-corrected chi connectivity index (χ4v) is 2.08. The lowest BCUT2D eigenvalue weighted by atomic mass is 10.2. The predicted molar refractivity (Wildman–Crippen MR) is 84.6 cm³/mol. The molecule has 0 atom stereocenters. The van der Waals surface area contributed by atoms with Crippen molar-refractivity contribution in [3.63, 3.8) is 0 Å². The van der Waals surface area contributed by atoms with Crippen molar-refractivity contribution < 1.29 is 9.31 Å². The Balaban J connectivity index is 2.33. The number of rotatable bonds is 5. The van der Waals surface area contributed by atoms with Crippen LogP contribution in [-0.4, -0.2) is 11.5 Å². The third-order valence-corrected chi connectivity index (χ3v) is 3.36. The Bertz CT molecular complexity index is 679. The summed E-state index contributed by atoms with van der Waals surface area (Å²) in [5.41, 5.74) is 1.63. The summed E-state index contributed by atoms with van der Waals surface area (Å²) in [7, 11) is 0. The molecule has 0 aromatic heterocycles. The maximum Gasteiger partial charge on any atom is 0.273 e. The van der Waals surface area contributed by atoms with Gasteiger partial charge in [-0.15, -0.1) is 0 Å². The molecular formula is C14H13BrFN3O2. The third kappa shape index (κ3) is 3.91. The molecule has 2 N–H and O–H groups in total. The van der Waals surface area contributed by atoms with Crippen molar-refractivity contribution in [1.29, 1.82) is 0 Å². The number of hydrogen-bond donors (Lipinski definition) is 2. The highest BCUT2D eigenvalue weighted by Crippen LogP contribution is 2.28. The Labute approximate surface area is 129 Å². The molecule has 0 amide bonds. The van der Waals surface area contributed by atoms with Crippen LogP contribution in [0.25, 0.3) is 0 Å². The molecule has 0 aliphatic heterocycles. The van der Waals surface area contributed by atoms with Crippen LogP contribution in [0.1, 0.15) is 6.92 Å². The lowest BCUT2D eigenvalue weighted by Gasteiger charge is -2.10. The first-order valence-electron chi connectivity index (χ1n) is 6.25. The van der Waals surface area contributed by atoms with E-state index in [0.29, 0.717) is 28.1 Å². The van der Waals surface area contributed by atoms with Gasteiger partial charge in [0.15, 0.2) is 0 Å². The molecule has 7 heteroatoms. The number of anilines is 3. The molecule has 0 saturated carbocycles. The van der Waals surface area contributed by atoms with Crippen LogP contribution in [0.4, 0.5) is 27.1 Å². The summed E-state index contributed by atoms with van der Waals surface area (Å²) >= 11 is 3.08. The SMILES string of the molecule is CCNc1cc(Nc2ccc(Br)c(F)c2)cc([N+](=O)[O-])c1. The van der Waals surface area contributed by atoms with Gasteiger partial charge in [0.25, 0.3) is 5.69 Å². The molecule has 0 heterocycles. The van der Waals surface area contributed by atoms with E-state index < -0.39 is 10.7 Å². The van der Waals surface area contributed by atoms with Crippen molar-refractivity contribution in [3.8, 4) is 0 Å². The Morgan fingerprint density at radius 1 is 1.19 bits per heavy atom. The summed E-state index contributed by atoms with van der Waals surface area (Å²) in [5, 5.41) is 16.9. The molecule has 21 heavy (non-hydrogen) atoms. The van der Waals surface area contributed by atoms with Gasteiger partial charge < -0.3 is 10.6 Å². The van der Waals surface area contributed by atoms with Crippen LogP contribution in [0.3, 0.4) is 0 Å². The quantitative estimate of drug-likeness (QED) is 0.605. The van der Waals surface area contributed by atoms with E-state index in [9.17, 15) is 14.5 Å². The first kappa shape index (κ1) is 15.2. The number of nitro benzene ring substituents is 1. The maximum atomic E-state index is 13.5. The van der Waals surface area contributed by atoms with Gasteiger partial charge in [0.1, 0.15) is 5.82 Å². The van der Waals surface area contributed by atoms with E-state index in [0.717, 1.165) is 0 Å². The molecule has 0 unspecified atom stereocenters. The minimum absolute atomic E-state index is 0.0338. The normalized spacial score (nSPS) is 10.2. The number of non-ortho nitro benzene ring substituents is 1. The highest BCUT2D eigenvalue weighted by atomic mass is 79.9. The zero-order chi connectivity index (χ0) is 15.4. The lowest BCUT2D eigenvalue weighted by molar-refractivity contribution is -0.384. The summed E-state index contributed by atoms with van der Waals surface area (Å²) in [5.74, 6) is -0.405. The van der Waals surface area contributed by atoms with Crippen molar-refractivity contribution in [2.45, 2.75) is 6.92 Å². The van der Waals surface area contributed by atoms with E-state index in [1.807, 2.05) is 6.92 Å². The van der Waals surface area contributed by atoms with Crippen LogP contribution in [-0.2, 0) is 0 Å². The van der Waals surface area contributed by atoms with Gasteiger partial charge in [0, 0.05) is 35.7 Å². The molecule has 2 aromatic rings. The Hall–Kier alpha value is -2.15. The summed E-state index contributed by atoms with van der Waals surface area (Å²) < 4.78 is 13.8. The van der Waals surface area contributed by atoms with Gasteiger partial charge in [0.05, 0.1) is 9.40 Å². The van der Waals surface area contributed by atoms with Crippen molar-refractivity contribution in [1.82, 2.24) is 0 Å². The topological polar surface area (TPSA) is 67.2 Å². The van der Waals surface area contributed by atoms with E-state index in [1.165, 1.54) is 18.2 Å². The minimum atomic E-state index is -0.464. The van der Waals surface area contributed by atoms with Crippen LogP contribution >= 0.6 is 15.9 Å². The first-order chi connectivity index (χ1) is 9.99. The summed E-state index contributed by atoms with van der Waals surface area (Å²) in [6, 6.07) is 9.16. The average molecular weight is 354 g/mol. The average Bonchev–Trinajstić information content (AvgIpc) is 2.43. The number of halogens is 2. The van der Waals surface area contributed by atoms with E-state index in [-0.39, 0.29) is 5.69 Å². The molecule has 0 fully saturated rings. The van der Waals surface area contributed by atoms with Gasteiger partial charge in [-0.3, -0.25) is 10.1 Å². The number of nitro groups is 1. The van der Waals surface area contributed by atoms with Crippen molar-refractivity contribution >= 4 is 38.7 Å². The minimum Gasteiger partial charge on any atom is -0.385 e. The Kier molecular flexibility index (Phi) is 4.74.